The van der Waals surface area contributed by atoms with Crippen LogP contribution in [0.1, 0.15) is 44.9 Å². The number of hydrogen-bond donors (Lipinski definition) is 0. The van der Waals surface area contributed by atoms with Gasteiger partial charge >= 0.3 is 5.97 Å². The number of ether oxygens (including phenoxy) is 1. The van der Waals surface area contributed by atoms with Crippen LogP contribution < -0.4 is 0 Å². The molecule has 0 aliphatic heterocycles. The van der Waals surface area contributed by atoms with Crippen LogP contribution in [0.25, 0.3) is 0 Å². The minimum Gasteiger partial charge on any atom is -0.465 e. The lowest BCUT2D eigenvalue weighted by molar-refractivity contribution is -0.144. The van der Waals surface area contributed by atoms with Crippen LogP contribution in [0, 0.1) is 17.2 Å². The minimum atomic E-state index is -0.132. The van der Waals surface area contributed by atoms with Gasteiger partial charge in [-0.25, -0.2) is 0 Å². The monoisotopic (exact) mass is 195 g/mol. The Kier molecular flexibility index (Phi) is 5.06. The van der Waals surface area contributed by atoms with E-state index in [1.165, 1.54) is 19.3 Å². The number of nitrogens with zero attached hydrogens (tertiary/aromatic N) is 1. The average Bonchev–Trinajstić information content (AvgIpc) is 2.20. The summed E-state index contributed by atoms with van der Waals surface area (Å²) in [5.74, 6) is 0.394. The Balaban J connectivity index is 2.10. The molecule has 1 aliphatic rings. The minimum absolute atomic E-state index is 0.132. The molecule has 3 nitrogen and oxygen atoms in total. The topological polar surface area (TPSA) is 50.1 Å². The highest BCUT2D eigenvalue weighted by Crippen LogP contribution is 2.26. The van der Waals surface area contributed by atoms with Gasteiger partial charge in [0.1, 0.15) is 6.61 Å². The Morgan fingerprint density at radius 1 is 1.36 bits per heavy atom. The molecule has 3 heteroatoms. The van der Waals surface area contributed by atoms with Gasteiger partial charge in [-0.15, -0.1) is 0 Å². The molecule has 0 bridgehead atoms. The van der Waals surface area contributed by atoms with E-state index >= 15 is 0 Å². The van der Waals surface area contributed by atoms with Crippen LogP contribution >= 0.6 is 0 Å². The fraction of sp³-hybridized carbons (Fsp3) is 0.818. The Labute approximate surface area is 85.1 Å². The van der Waals surface area contributed by atoms with E-state index in [1.54, 1.807) is 0 Å². The van der Waals surface area contributed by atoms with E-state index in [-0.39, 0.29) is 12.6 Å². The van der Waals surface area contributed by atoms with Crippen molar-refractivity contribution in [1.29, 1.82) is 5.26 Å². The van der Waals surface area contributed by atoms with Gasteiger partial charge in [0, 0.05) is 6.42 Å². The van der Waals surface area contributed by atoms with Crippen LogP contribution in [-0.2, 0) is 9.53 Å². The third-order valence-electron chi connectivity index (χ3n) is 2.66. The fourth-order valence-corrected chi connectivity index (χ4v) is 1.90. The maximum absolute atomic E-state index is 11.3. The molecular weight excluding hydrogens is 178 g/mol. The van der Waals surface area contributed by atoms with Crippen molar-refractivity contribution >= 4 is 5.97 Å². The second-order valence-electron chi connectivity index (χ2n) is 3.84. The molecule has 0 atom stereocenters. The number of hydrogen-bond acceptors (Lipinski definition) is 3. The molecule has 1 fully saturated rings. The van der Waals surface area contributed by atoms with Crippen LogP contribution in [0.3, 0.4) is 0 Å². The largest absolute Gasteiger partial charge is 0.465 e. The summed E-state index contributed by atoms with van der Waals surface area (Å²) in [4.78, 5) is 11.3. The molecule has 0 saturated heterocycles. The van der Waals surface area contributed by atoms with Crippen molar-refractivity contribution in [3.63, 3.8) is 0 Å². The van der Waals surface area contributed by atoms with Gasteiger partial charge in [0.15, 0.2) is 0 Å². The fourth-order valence-electron chi connectivity index (χ4n) is 1.90. The number of esters is 1. The van der Waals surface area contributed by atoms with Crippen molar-refractivity contribution in [2.75, 3.05) is 6.61 Å². The summed E-state index contributed by atoms with van der Waals surface area (Å²) in [7, 11) is 0. The third-order valence-corrected chi connectivity index (χ3v) is 2.66. The first-order valence-corrected chi connectivity index (χ1v) is 5.35. The normalized spacial score (nSPS) is 17.4. The Hall–Kier alpha value is -1.04. The van der Waals surface area contributed by atoms with Gasteiger partial charge in [0.2, 0.25) is 0 Å². The van der Waals surface area contributed by atoms with Gasteiger partial charge in [-0.2, -0.15) is 5.26 Å². The summed E-state index contributed by atoms with van der Waals surface area (Å²) < 4.78 is 4.92. The van der Waals surface area contributed by atoms with Gasteiger partial charge in [-0.05, 0) is 18.8 Å². The number of nitriles is 1. The molecule has 1 aliphatic carbocycles. The van der Waals surface area contributed by atoms with Crippen LogP contribution in [0.2, 0.25) is 0 Å². The predicted octanol–water partition coefficient (Wildman–Crippen LogP) is 2.41. The lowest BCUT2D eigenvalue weighted by atomic mass is 9.87. The highest BCUT2D eigenvalue weighted by molar-refractivity contribution is 5.69. The Morgan fingerprint density at radius 3 is 2.71 bits per heavy atom. The van der Waals surface area contributed by atoms with E-state index in [2.05, 4.69) is 0 Å². The van der Waals surface area contributed by atoms with Crippen molar-refractivity contribution in [3.8, 4) is 6.07 Å². The van der Waals surface area contributed by atoms with E-state index in [0.717, 1.165) is 12.8 Å². The zero-order valence-corrected chi connectivity index (χ0v) is 8.50. The maximum Gasteiger partial charge on any atom is 0.306 e. The molecule has 14 heavy (non-hydrogen) atoms. The molecule has 1 rings (SSSR count). The smallest absolute Gasteiger partial charge is 0.306 e. The van der Waals surface area contributed by atoms with Gasteiger partial charge < -0.3 is 4.74 Å². The van der Waals surface area contributed by atoms with Crippen LogP contribution in [0.4, 0.5) is 0 Å². The summed E-state index contributed by atoms with van der Waals surface area (Å²) in [5.41, 5.74) is 0. The molecule has 0 unspecified atom stereocenters. The highest BCUT2D eigenvalue weighted by atomic mass is 16.5. The second kappa shape index (κ2) is 6.42. The van der Waals surface area contributed by atoms with Crippen LogP contribution in [0.15, 0.2) is 0 Å². The van der Waals surface area contributed by atoms with Crippen molar-refractivity contribution in [1.82, 2.24) is 0 Å². The van der Waals surface area contributed by atoms with Gasteiger partial charge in [0.25, 0.3) is 0 Å². The molecule has 0 heterocycles. The van der Waals surface area contributed by atoms with E-state index in [9.17, 15) is 4.79 Å². The molecule has 0 aromatic heterocycles. The first-order valence-electron chi connectivity index (χ1n) is 5.35. The number of carbonyl (C=O) groups is 1. The molecule has 0 aromatic carbocycles. The first-order chi connectivity index (χ1) is 6.83. The molecule has 1 saturated carbocycles. The van der Waals surface area contributed by atoms with Crippen molar-refractivity contribution < 1.29 is 9.53 Å². The number of carbonyl (C=O) groups excluding carboxylic acids is 1. The summed E-state index contributed by atoms with van der Waals surface area (Å²) >= 11 is 0. The molecule has 0 radical (unpaired) electrons. The van der Waals surface area contributed by atoms with Crippen molar-refractivity contribution in [2.24, 2.45) is 5.92 Å². The van der Waals surface area contributed by atoms with E-state index < -0.39 is 0 Å². The molecular formula is C11H17NO2. The van der Waals surface area contributed by atoms with Gasteiger partial charge in [0.05, 0.1) is 12.5 Å². The molecule has 78 valence electrons. The van der Waals surface area contributed by atoms with Crippen LogP contribution in [-0.4, -0.2) is 12.6 Å². The Morgan fingerprint density at radius 2 is 2.07 bits per heavy atom. The van der Waals surface area contributed by atoms with Crippen molar-refractivity contribution in [2.45, 2.75) is 44.9 Å². The predicted molar refractivity (Wildman–Crippen MR) is 52.4 cm³/mol. The summed E-state index contributed by atoms with van der Waals surface area (Å²) in [6, 6.07) is 1.95. The molecule has 0 aromatic rings. The molecule has 0 N–H and O–H groups in total. The SMILES string of the molecule is N#CCCOC(=O)CC1CCCCC1. The summed E-state index contributed by atoms with van der Waals surface area (Å²) in [5, 5.41) is 8.26. The first kappa shape index (κ1) is 11.0. The van der Waals surface area contributed by atoms with Crippen LogP contribution in [0.5, 0.6) is 0 Å². The summed E-state index contributed by atoms with van der Waals surface area (Å²) in [6.07, 6.45) is 6.97. The maximum atomic E-state index is 11.3. The van der Waals surface area contributed by atoms with E-state index in [1.807, 2.05) is 6.07 Å². The standard InChI is InChI=1S/C11H17NO2/c12-7-4-8-14-11(13)9-10-5-2-1-3-6-10/h10H,1-6,8-9H2. The van der Waals surface area contributed by atoms with E-state index in [4.69, 9.17) is 10.00 Å². The summed E-state index contributed by atoms with van der Waals surface area (Å²) in [6.45, 7) is 0.252. The second-order valence-corrected chi connectivity index (χ2v) is 3.84. The lowest BCUT2D eigenvalue weighted by Gasteiger charge is -2.20. The highest BCUT2D eigenvalue weighted by Gasteiger charge is 2.17. The van der Waals surface area contributed by atoms with Gasteiger partial charge in [-0.1, -0.05) is 19.3 Å². The molecule has 0 amide bonds. The molecule has 0 spiro atoms. The third kappa shape index (κ3) is 4.27. The zero-order chi connectivity index (χ0) is 10.2. The van der Waals surface area contributed by atoms with Gasteiger partial charge in [-0.3, -0.25) is 4.79 Å². The lowest BCUT2D eigenvalue weighted by Crippen LogP contribution is -2.14. The quantitative estimate of drug-likeness (QED) is 0.511. The van der Waals surface area contributed by atoms with E-state index in [0.29, 0.717) is 18.8 Å². The average molecular weight is 195 g/mol. The Bertz CT molecular complexity index is 214. The zero-order valence-electron chi connectivity index (χ0n) is 8.50. The van der Waals surface area contributed by atoms with Crippen molar-refractivity contribution in [3.05, 3.63) is 0 Å². The number of rotatable bonds is 4.